The van der Waals surface area contributed by atoms with Gasteiger partial charge in [-0.1, -0.05) is 0 Å². The number of halogens is 1. The van der Waals surface area contributed by atoms with E-state index in [9.17, 15) is 14.0 Å². The van der Waals surface area contributed by atoms with Crippen molar-refractivity contribution in [2.45, 2.75) is 18.3 Å². The molecular weight excluding hydrogens is 397 g/mol. The molecule has 2 aromatic heterocycles. The maximum Gasteiger partial charge on any atom is 0.256 e. The molecule has 4 N–H and O–H groups in total. The highest BCUT2D eigenvalue weighted by molar-refractivity contribution is 6.04. The molecular formula is C23H22FN5O2. The van der Waals surface area contributed by atoms with Crippen LogP contribution < -0.4 is 16.0 Å². The van der Waals surface area contributed by atoms with E-state index in [0.717, 1.165) is 42.9 Å². The molecule has 158 valence electrons. The standard InChI is InChI=1S/C23H22FN5O2/c24-16-4-2-14(3-5-16)21(30)29-19-10-15(6-9-26-19)18-11-17-20(28-18)23(13-27-22(17)31)7-1-8-25-12-23/h2-6,9-11,25,28H,1,7-8,12-13H2,(H,27,31)(H,26,29,30). The summed E-state index contributed by atoms with van der Waals surface area (Å²) in [4.78, 5) is 32.6. The van der Waals surface area contributed by atoms with Crippen molar-refractivity contribution in [1.82, 2.24) is 20.6 Å². The Bertz CT molecular complexity index is 1150. The zero-order chi connectivity index (χ0) is 21.4. The number of aromatic nitrogens is 2. The second kappa shape index (κ2) is 7.63. The fourth-order valence-corrected chi connectivity index (χ4v) is 4.43. The van der Waals surface area contributed by atoms with Gasteiger partial charge < -0.3 is 20.9 Å². The zero-order valence-electron chi connectivity index (χ0n) is 16.8. The maximum atomic E-state index is 13.1. The third-order valence-corrected chi connectivity index (χ3v) is 6.07. The molecule has 2 aliphatic rings. The highest BCUT2D eigenvalue weighted by Gasteiger charge is 2.42. The van der Waals surface area contributed by atoms with E-state index in [2.05, 4.69) is 25.9 Å². The Balaban J connectivity index is 1.44. The number of nitrogens with one attached hydrogen (secondary N) is 4. The number of pyridine rings is 1. The van der Waals surface area contributed by atoms with E-state index in [-0.39, 0.29) is 17.2 Å². The molecule has 1 saturated heterocycles. The average molecular weight is 419 g/mol. The molecule has 1 unspecified atom stereocenters. The van der Waals surface area contributed by atoms with Crippen LogP contribution >= 0.6 is 0 Å². The first-order valence-electron chi connectivity index (χ1n) is 10.3. The van der Waals surface area contributed by atoms with Crippen LogP contribution in [0.4, 0.5) is 10.2 Å². The van der Waals surface area contributed by atoms with Gasteiger partial charge in [0.05, 0.1) is 5.56 Å². The number of aromatic amines is 1. The Morgan fingerprint density at radius 3 is 2.74 bits per heavy atom. The highest BCUT2D eigenvalue weighted by atomic mass is 19.1. The molecule has 8 heteroatoms. The molecule has 2 aliphatic heterocycles. The molecule has 0 bridgehead atoms. The van der Waals surface area contributed by atoms with Crippen LogP contribution in [0.3, 0.4) is 0 Å². The Kier molecular flexibility index (Phi) is 4.78. The van der Waals surface area contributed by atoms with Crippen LogP contribution in [-0.4, -0.2) is 41.4 Å². The number of H-pyrrole nitrogens is 1. The first-order chi connectivity index (χ1) is 15.0. The van der Waals surface area contributed by atoms with Crippen LogP contribution in [0.5, 0.6) is 0 Å². The lowest BCUT2D eigenvalue weighted by molar-refractivity contribution is 0.0915. The summed E-state index contributed by atoms with van der Waals surface area (Å²) in [5.74, 6) is -0.477. The summed E-state index contributed by atoms with van der Waals surface area (Å²) in [6, 6.07) is 10.8. The quantitative estimate of drug-likeness (QED) is 0.525. The van der Waals surface area contributed by atoms with Crippen LogP contribution in [0.25, 0.3) is 11.3 Å². The van der Waals surface area contributed by atoms with Gasteiger partial charge in [0.15, 0.2) is 0 Å². The second-order valence-corrected chi connectivity index (χ2v) is 8.11. The number of carbonyl (C=O) groups excluding carboxylic acids is 2. The summed E-state index contributed by atoms with van der Waals surface area (Å²) in [6.07, 6.45) is 3.66. The molecule has 5 rings (SSSR count). The van der Waals surface area contributed by atoms with Gasteiger partial charge in [-0.25, -0.2) is 9.37 Å². The van der Waals surface area contributed by atoms with Crippen LogP contribution in [0, 0.1) is 5.82 Å². The minimum Gasteiger partial charge on any atom is -0.357 e. The number of hydrogen-bond acceptors (Lipinski definition) is 4. The van der Waals surface area contributed by atoms with E-state index < -0.39 is 5.82 Å². The zero-order valence-corrected chi connectivity index (χ0v) is 16.8. The molecule has 1 atom stereocenters. The predicted octanol–water partition coefficient (Wildman–Crippen LogP) is 2.83. The van der Waals surface area contributed by atoms with Gasteiger partial charge >= 0.3 is 0 Å². The number of piperidine rings is 1. The van der Waals surface area contributed by atoms with Crippen molar-refractivity contribution in [3.63, 3.8) is 0 Å². The molecule has 4 heterocycles. The van der Waals surface area contributed by atoms with E-state index >= 15 is 0 Å². The van der Waals surface area contributed by atoms with Gasteiger partial charge in [0.1, 0.15) is 11.6 Å². The number of amides is 2. The Morgan fingerprint density at radius 1 is 1.13 bits per heavy atom. The van der Waals surface area contributed by atoms with Crippen LogP contribution in [0.1, 0.15) is 39.3 Å². The Morgan fingerprint density at radius 2 is 1.97 bits per heavy atom. The third kappa shape index (κ3) is 3.59. The van der Waals surface area contributed by atoms with Crippen molar-refractivity contribution in [3.05, 3.63) is 71.3 Å². The van der Waals surface area contributed by atoms with Crippen molar-refractivity contribution >= 4 is 17.6 Å². The average Bonchev–Trinajstić information content (AvgIpc) is 3.25. The smallest absolute Gasteiger partial charge is 0.256 e. The topological polar surface area (TPSA) is 98.9 Å². The molecule has 1 aromatic carbocycles. The summed E-state index contributed by atoms with van der Waals surface area (Å²) >= 11 is 0. The summed E-state index contributed by atoms with van der Waals surface area (Å²) in [6.45, 7) is 2.41. The van der Waals surface area contributed by atoms with Crippen molar-refractivity contribution in [2.24, 2.45) is 0 Å². The largest absolute Gasteiger partial charge is 0.357 e. The van der Waals surface area contributed by atoms with Crippen molar-refractivity contribution in [1.29, 1.82) is 0 Å². The predicted molar refractivity (Wildman–Crippen MR) is 114 cm³/mol. The van der Waals surface area contributed by atoms with Crippen molar-refractivity contribution < 1.29 is 14.0 Å². The van der Waals surface area contributed by atoms with E-state index in [1.165, 1.54) is 24.3 Å². The van der Waals surface area contributed by atoms with Crippen molar-refractivity contribution in [3.8, 4) is 11.3 Å². The van der Waals surface area contributed by atoms with Gasteiger partial charge in [-0.05, 0) is 61.9 Å². The number of benzene rings is 1. The number of carbonyl (C=O) groups is 2. The third-order valence-electron chi connectivity index (χ3n) is 6.07. The van der Waals surface area contributed by atoms with Crippen LogP contribution in [0.2, 0.25) is 0 Å². The second-order valence-electron chi connectivity index (χ2n) is 8.11. The minimum absolute atomic E-state index is 0.0763. The summed E-state index contributed by atoms with van der Waals surface area (Å²) in [5.41, 5.74) is 3.45. The molecule has 0 radical (unpaired) electrons. The number of fused-ring (bicyclic) bond motifs is 2. The number of rotatable bonds is 3. The molecule has 0 saturated carbocycles. The molecule has 7 nitrogen and oxygen atoms in total. The molecule has 1 fully saturated rings. The number of nitrogens with zero attached hydrogens (tertiary/aromatic N) is 1. The van der Waals surface area contributed by atoms with Gasteiger partial charge in [0.2, 0.25) is 0 Å². The first-order valence-corrected chi connectivity index (χ1v) is 10.3. The maximum absolute atomic E-state index is 13.1. The monoisotopic (exact) mass is 419 g/mol. The summed E-state index contributed by atoms with van der Waals surface area (Å²) < 4.78 is 13.1. The van der Waals surface area contributed by atoms with E-state index in [1.807, 2.05) is 12.1 Å². The summed E-state index contributed by atoms with van der Waals surface area (Å²) in [7, 11) is 0. The van der Waals surface area contributed by atoms with Gasteiger partial charge in [0, 0.05) is 47.2 Å². The Labute approximate surface area is 178 Å². The van der Waals surface area contributed by atoms with E-state index in [1.54, 1.807) is 12.3 Å². The summed E-state index contributed by atoms with van der Waals surface area (Å²) in [5, 5.41) is 9.22. The molecule has 1 spiro atoms. The van der Waals surface area contributed by atoms with Crippen LogP contribution in [0.15, 0.2) is 48.7 Å². The van der Waals surface area contributed by atoms with Gasteiger partial charge in [-0.15, -0.1) is 0 Å². The van der Waals surface area contributed by atoms with E-state index in [0.29, 0.717) is 23.5 Å². The van der Waals surface area contributed by atoms with Gasteiger partial charge in [0.25, 0.3) is 11.8 Å². The number of anilines is 1. The highest BCUT2D eigenvalue weighted by Crippen LogP contribution is 2.37. The Hall–Kier alpha value is -3.52. The lowest BCUT2D eigenvalue weighted by atomic mass is 9.74. The lowest BCUT2D eigenvalue weighted by Crippen LogP contribution is -2.54. The SMILES string of the molecule is O=C(Nc1cc(-c2cc3c([nH]2)C2(CCCNC2)CNC3=O)ccn1)c1ccc(F)cc1. The fraction of sp³-hybridized carbons (Fsp3) is 0.261. The first kappa shape index (κ1) is 19.4. The molecule has 0 aliphatic carbocycles. The molecule has 31 heavy (non-hydrogen) atoms. The van der Waals surface area contributed by atoms with Gasteiger partial charge in [-0.3, -0.25) is 9.59 Å². The molecule has 2 amide bonds. The molecule has 3 aromatic rings. The number of hydrogen-bond donors (Lipinski definition) is 4. The van der Waals surface area contributed by atoms with Gasteiger partial charge in [-0.2, -0.15) is 0 Å². The van der Waals surface area contributed by atoms with E-state index in [4.69, 9.17) is 0 Å². The minimum atomic E-state index is -0.401. The normalized spacial score (nSPS) is 20.2. The fourth-order valence-electron chi connectivity index (χ4n) is 4.43. The lowest BCUT2D eigenvalue weighted by Gasteiger charge is -2.40. The van der Waals surface area contributed by atoms with Crippen molar-refractivity contribution in [2.75, 3.05) is 25.0 Å². The van der Waals surface area contributed by atoms with Crippen LogP contribution in [-0.2, 0) is 5.41 Å².